The Balaban J connectivity index is 1.63. The number of esters is 1. The molecule has 1 fully saturated rings. The van der Waals surface area contributed by atoms with Crippen LogP contribution in [0.15, 0.2) is 60.7 Å². The summed E-state index contributed by atoms with van der Waals surface area (Å²) in [7, 11) is 0. The van der Waals surface area contributed by atoms with Crippen molar-refractivity contribution in [3.8, 4) is 0 Å². The minimum atomic E-state index is -0.995. The molecule has 0 spiro atoms. The van der Waals surface area contributed by atoms with E-state index in [0.717, 1.165) is 12.8 Å². The van der Waals surface area contributed by atoms with Crippen molar-refractivity contribution < 1.29 is 19.1 Å². The summed E-state index contributed by atoms with van der Waals surface area (Å²) >= 11 is 0. The van der Waals surface area contributed by atoms with Gasteiger partial charge in [0.2, 0.25) is 6.10 Å². The highest BCUT2D eigenvalue weighted by Crippen LogP contribution is 2.22. The molecule has 0 aromatic heterocycles. The van der Waals surface area contributed by atoms with Crippen LogP contribution in [0.4, 0.5) is 0 Å². The first-order valence-corrected chi connectivity index (χ1v) is 9.01. The van der Waals surface area contributed by atoms with E-state index in [9.17, 15) is 14.4 Å². The molecule has 0 saturated carbocycles. The fourth-order valence-electron chi connectivity index (χ4n) is 3.01. The molecule has 1 aliphatic heterocycles. The largest absolute Gasteiger partial charge is 0.446 e. The quantitative estimate of drug-likeness (QED) is 0.796. The number of carbonyl (C=O) groups is 3. The number of hydrogen-bond acceptors (Lipinski definition) is 4. The average Bonchev–Trinajstić information content (AvgIpc) is 3.26. The van der Waals surface area contributed by atoms with Crippen molar-refractivity contribution in [1.29, 1.82) is 0 Å². The van der Waals surface area contributed by atoms with Gasteiger partial charge in [0.05, 0.1) is 0 Å². The molecule has 1 saturated heterocycles. The third kappa shape index (κ3) is 4.94. The number of likely N-dealkylation sites (tertiary alicyclic amines) is 1. The third-order valence-corrected chi connectivity index (χ3v) is 4.42. The van der Waals surface area contributed by atoms with Crippen LogP contribution in [0.25, 0.3) is 0 Å². The molecule has 3 rings (SSSR count). The molecule has 1 atom stereocenters. The molecule has 0 bridgehead atoms. The smallest absolute Gasteiger partial charge is 0.326 e. The fourth-order valence-corrected chi connectivity index (χ4v) is 3.01. The topological polar surface area (TPSA) is 75.7 Å². The SMILES string of the molecule is O=C(CNC(=O)c1ccccc1)O[C@H](C(=O)N1CCCC1)c1ccccc1. The van der Waals surface area contributed by atoms with Gasteiger partial charge in [-0.25, -0.2) is 0 Å². The Labute approximate surface area is 158 Å². The van der Waals surface area contributed by atoms with Crippen molar-refractivity contribution in [3.63, 3.8) is 0 Å². The first-order valence-electron chi connectivity index (χ1n) is 9.01. The van der Waals surface area contributed by atoms with Crippen molar-refractivity contribution in [2.24, 2.45) is 0 Å². The Morgan fingerprint density at radius 1 is 0.926 bits per heavy atom. The maximum absolute atomic E-state index is 12.8. The van der Waals surface area contributed by atoms with Gasteiger partial charge in [-0.15, -0.1) is 0 Å². The van der Waals surface area contributed by atoms with E-state index >= 15 is 0 Å². The van der Waals surface area contributed by atoms with Crippen molar-refractivity contribution in [2.45, 2.75) is 18.9 Å². The first kappa shape index (κ1) is 18.6. The van der Waals surface area contributed by atoms with Gasteiger partial charge < -0.3 is 15.0 Å². The van der Waals surface area contributed by atoms with Crippen LogP contribution < -0.4 is 5.32 Å². The van der Waals surface area contributed by atoms with Gasteiger partial charge in [0.15, 0.2) is 0 Å². The molecular weight excluding hydrogens is 344 g/mol. The molecule has 0 aliphatic carbocycles. The fraction of sp³-hybridized carbons (Fsp3) is 0.286. The van der Waals surface area contributed by atoms with Gasteiger partial charge in [0.25, 0.3) is 11.8 Å². The van der Waals surface area contributed by atoms with Crippen LogP contribution >= 0.6 is 0 Å². The predicted octanol–water partition coefficient (Wildman–Crippen LogP) is 2.32. The molecule has 140 valence electrons. The second-order valence-electron chi connectivity index (χ2n) is 6.36. The van der Waals surface area contributed by atoms with Crippen LogP contribution in [0, 0.1) is 0 Å². The predicted molar refractivity (Wildman–Crippen MR) is 99.9 cm³/mol. The molecule has 6 heteroatoms. The van der Waals surface area contributed by atoms with E-state index < -0.39 is 12.1 Å². The summed E-state index contributed by atoms with van der Waals surface area (Å²) < 4.78 is 5.45. The van der Waals surface area contributed by atoms with Gasteiger partial charge in [-0.1, -0.05) is 48.5 Å². The number of ether oxygens (including phenoxy) is 1. The number of nitrogens with zero attached hydrogens (tertiary/aromatic N) is 1. The summed E-state index contributed by atoms with van der Waals surface area (Å²) in [5.74, 6) is -1.24. The molecule has 1 heterocycles. The Morgan fingerprint density at radius 2 is 1.52 bits per heavy atom. The van der Waals surface area contributed by atoms with E-state index in [2.05, 4.69) is 5.32 Å². The second-order valence-corrected chi connectivity index (χ2v) is 6.36. The normalized spacial score (nSPS) is 14.4. The molecule has 0 radical (unpaired) electrons. The zero-order valence-electron chi connectivity index (χ0n) is 15.0. The minimum Gasteiger partial charge on any atom is -0.446 e. The summed E-state index contributed by atoms with van der Waals surface area (Å²) in [6, 6.07) is 17.6. The van der Waals surface area contributed by atoms with Crippen molar-refractivity contribution in [3.05, 3.63) is 71.8 Å². The molecule has 2 aromatic carbocycles. The maximum atomic E-state index is 12.8. The van der Waals surface area contributed by atoms with E-state index in [0.29, 0.717) is 24.2 Å². The monoisotopic (exact) mass is 366 g/mol. The number of benzene rings is 2. The highest BCUT2D eigenvalue weighted by molar-refractivity contribution is 5.96. The van der Waals surface area contributed by atoms with Crippen LogP contribution in [0.1, 0.15) is 34.9 Å². The van der Waals surface area contributed by atoms with Crippen LogP contribution in [0.2, 0.25) is 0 Å². The summed E-state index contributed by atoms with van der Waals surface area (Å²) in [6.07, 6.45) is 0.910. The highest BCUT2D eigenvalue weighted by Gasteiger charge is 2.30. The van der Waals surface area contributed by atoms with Gasteiger partial charge >= 0.3 is 5.97 Å². The van der Waals surface area contributed by atoms with Crippen molar-refractivity contribution >= 4 is 17.8 Å². The van der Waals surface area contributed by atoms with Crippen molar-refractivity contribution in [1.82, 2.24) is 10.2 Å². The lowest BCUT2D eigenvalue weighted by Crippen LogP contribution is -2.37. The summed E-state index contributed by atoms with van der Waals surface area (Å²) in [5, 5.41) is 2.53. The van der Waals surface area contributed by atoms with Gasteiger partial charge in [0.1, 0.15) is 6.54 Å². The zero-order valence-corrected chi connectivity index (χ0v) is 15.0. The lowest BCUT2D eigenvalue weighted by molar-refractivity contribution is -0.159. The third-order valence-electron chi connectivity index (χ3n) is 4.42. The average molecular weight is 366 g/mol. The molecular formula is C21H22N2O4. The molecule has 0 unspecified atom stereocenters. The van der Waals surface area contributed by atoms with Gasteiger partial charge in [-0.2, -0.15) is 0 Å². The standard InChI is InChI=1S/C21H22N2O4/c24-18(15-22-20(25)17-11-5-2-6-12-17)27-19(16-9-3-1-4-10-16)21(26)23-13-7-8-14-23/h1-6,9-12,19H,7-8,13-15H2,(H,22,25)/t19-/m0/s1. The van der Waals surface area contributed by atoms with E-state index in [1.165, 1.54) is 0 Å². The molecule has 1 aliphatic rings. The molecule has 27 heavy (non-hydrogen) atoms. The number of amides is 2. The zero-order chi connectivity index (χ0) is 19.1. The lowest BCUT2D eigenvalue weighted by atomic mass is 10.1. The Morgan fingerprint density at radius 3 is 2.15 bits per heavy atom. The summed E-state index contributed by atoms with van der Waals surface area (Å²) in [6.45, 7) is 1.04. The second kappa shape index (κ2) is 8.98. The number of hydrogen-bond donors (Lipinski definition) is 1. The van der Waals surface area contributed by atoms with Crippen LogP contribution in [0.3, 0.4) is 0 Å². The Hall–Kier alpha value is -3.15. The van der Waals surface area contributed by atoms with Gasteiger partial charge in [0, 0.05) is 24.2 Å². The van der Waals surface area contributed by atoms with E-state index in [4.69, 9.17) is 4.74 Å². The number of carbonyl (C=O) groups excluding carboxylic acids is 3. The van der Waals surface area contributed by atoms with E-state index in [-0.39, 0.29) is 18.4 Å². The van der Waals surface area contributed by atoms with Gasteiger partial charge in [-0.05, 0) is 25.0 Å². The summed E-state index contributed by atoms with van der Waals surface area (Å²) in [4.78, 5) is 38.8. The first-order chi connectivity index (χ1) is 13.1. The highest BCUT2D eigenvalue weighted by atomic mass is 16.5. The Kier molecular flexibility index (Phi) is 6.20. The van der Waals surface area contributed by atoms with Crippen LogP contribution in [0.5, 0.6) is 0 Å². The molecule has 6 nitrogen and oxygen atoms in total. The molecule has 1 N–H and O–H groups in total. The van der Waals surface area contributed by atoms with Gasteiger partial charge in [-0.3, -0.25) is 14.4 Å². The minimum absolute atomic E-state index is 0.221. The number of nitrogens with one attached hydrogen (secondary N) is 1. The van der Waals surface area contributed by atoms with Crippen LogP contribution in [-0.2, 0) is 14.3 Å². The number of rotatable bonds is 6. The summed E-state index contributed by atoms with van der Waals surface area (Å²) in [5.41, 5.74) is 1.08. The van der Waals surface area contributed by atoms with Crippen LogP contribution in [-0.4, -0.2) is 42.3 Å². The van der Waals surface area contributed by atoms with E-state index in [1.54, 1.807) is 59.5 Å². The molecule has 2 amide bonds. The van der Waals surface area contributed by atoms with E-state index in [1.807, 2.05) is 6.07 Å². The maximum Gasteiger partial charge on any atom is 0.326 e. The Bertz CT molecular complexity index is 786. The molecule has 2 aromatic rings. The lowest BCUT2D eigenvalue weighted by Gasteiger charge is -2.23. The van der Waals surface area contributed by atoms with Crippen molar-refractivity contribution in [2.75, 3.05) is 19.6 Å².